The fourth-order valence-corrected chi connectivity index (χ4v) is 3.82. The van der Waals surface area contributed by atoms with Crippen molar-refractivity contribution in [2.75, 3.05) is 18.0 Å². The number of halogens is 3. The Morgan fingerprint density at radius 2 is 2.00 bits per heavy atom. The lowest BCUT2D eigenvalue weighted by atomic mass is 10.0. The molecule has 0 spiro atoms. The molecule has 27 heavy (non-hydrogen) atoms. The number of hydrogen-bond donors (Lipinski definition) is 2. The molecule has 4 rings (SSSR count). The van der Waals surface area contributed by atoms with Gasteiger partial charge in [-0.2, -0.15) is 0 Å². The Kier molecular flexibility index (Phi) is 3.95. The first-order valence-corrected chi connectivity index (χ1v) is 8.66. The second kappa shape index (κ2) is 5.98. The van der Waals surface area contributed by atoms with Crippen LogP contribution in [-0.2, 0) is 0 Å². The van der Waals surface area contributed by atoms with Gasteiger partial charge in [-0.3, -0.25) is 4.79 Å². The van der Waals surface area contributed by atoms with Crippen LogP contribution >= 0.6 is 0 Å². The highest BCUT2D eigenvalue weighted by molar-refractivity contribution is 5.95. The van der Waals surface area contributed by atoms with E-state index in [9.17, 15) is 19.1 Å². The normalized spacial score (nSPS) is 24.6. The minimum atomic E-state index is -1.53. The van der Waals surface area contributed by atoms with Gasteiger partial charge in [0.2, 0.25) is 5.43 Å². The molecule has 2 fully saturated rings. The summed E-state index contributed by atoms with van der Waals surface area (Å²) in [5.41, 5.74) is 3.50. The van der Waals surface area contributed by atoms with Crippen LogP contribution in [0.1, 0.15) is 34.8 Å². The summed E-state index contributed by atoms with van der Waals surface area (Å²) in [5.74, 6) is -3.44. The first-order valence-electron chi connectivity index (χ1n) is 8.66. The second-order valence-corrected chi connectivity index (χ2v) is 7.22. The summed E-state index contributed by atoms with van der Waals surface area (Å²) < 4.78 is 45.3. The molecular weight excluding hydrogens is 363 g/mol. The van der Waals surface area contributed by atoms with Crippen LogP contribution < -0.4 is 16.1 Å². The Morgan fingerprint density at radius 3 is 2.52 bits per heavy atom. The van der Waals surface area contributed by atoms with E-state index in [0.717, 1.165) is 10.8 Å². The molecule has 1 saturated carbocycles. The molecule has 3 atom stereocenters. The third-order valence-electron chi connectivity index (χ3n) is 5.37. The Balaban J connectivity index is 2.09. The second-order valence-electron chi connectivity index (χ2n) is 7.22. The monoisotopic (exact) mass is 381 g/mol. The quantitative estimate of drug-likeness (QED) is 0.850. The molecule has 1 saturated heterocycles. The van der Waals surface area contributed by atoms with Gasteiger partial charge in [0.15, 0.2) is 11.6 Å². The van der Waals surface area contributed by atoms with Gasteiger partial charge in [0.25, 0.3) is 0 Å². The van der Waals surface area contributed by atoms with Crippen LogP contribution in [0.15, 0.2) is 11.0 Å². The van der Waals surface area contributed by atoms with Crippen molar-refractivity contribution in [3.05, 3.63) is 39.2 Å². The molecule has 6 nitrogen and oxygen atoms in total. The number of carboxylic acid groups (broad SMARTS) is 1. The molecular formula is C18H18F3N3O3. The van der Waals surface area contributed by atoms with Gasteiger partial charge in [0.1, 0.15) is 17.4 Å². The minimum Gasteiger partial charge on any atom is -0.477 e. The molecule has 2 aromatic rings. The van der Waals surface area contributed by atoms with Crippen LogP contribution in [-0.4, -0.2) is 40.9 Å². The van der Waals surface area contributed by atoms with Crippen molar-refractivity contribution in [2.24, 2.45) is 5.73 Å². The summed E-state index contributed by atoms with van der Waals surface area (Å²) in [6, 6.07) is -1.01. The first-order chi connectivity index (χ1) is 12.7. The zero-order valence-corrected chi connectivity index (χ0v) is 14.5. The Morgan fingerprint density at radius 1 is 1.33 bits per heavy atom. The van der Waals surface area contributed by atoms with Crippen LogP contribution in [0.25, 0.3) is 10.9 Å². The highest BCUT2D eigenvalue weighted by Crippen LogP contribution is 2.43. The zero-order chi connectivity index (χ0) is 19.6. The van der Waals surface area contributed by atoms with Gasteiger partial charge >= 0.3 is 5.97 Å². The number of carbonyl (C=O) groups is 1. The Labute approximate surface area is 152 Å². The van der Waals surface area contributed by atoms with E-state index in [1.807, 2.05) is 0 Å². The number of benzene rings is 1. The summed E-state index contributed by atoms with van der Waals surface area (Å²) >= 11 is 0. The summed E-state index contributed by atoms with van der Waals surface area (Å²) in [4.78, 5) is 25.5. The lowest BCUT2D eigenvalue weighted by molar-refractivity contribution is 0.0694. The van der Waals surface area contributed by atoms with Crippen molar-refractivity contribution >= 4 is 22.6 Å². The number of fused-ring (bicyclic) bond motifs is 1. The molecule has 144 valence electrons. The van der Waals surface area contributed by atoms with E-state index in [1.165, 1.54) is 11.8 Å². The molecule has 1 aliphatic heterocycles. The molecule has 2 aliphatic rings. The predicted molar refractivity (Wildman–Crippen MR) is 93.2 cm³/mol. The number of aromatic nitrogens is 1. The third kappa shape index (κ3) is 2.60. The van der Waals surface area contributed by atoms with Crippen LogP contribution in [0, 0.1) is 18.6 Å². The molecule has 0 unspecified atom stereocenters. The number of alkyl halides is 1. The van der Waals surface area contributed by atoms with E-state index in [0.29, 0.717) is 13.0 Å². The Bertz CT molecular complexity index is 1040. The van der Waals surface area contributed by atoms with E-state index >= 15 is 8.78 Å². The van der Waals surface area contributed by atoms with E-state index < -0.39 is 40.8 Å². The highest BCUT2D eigenvalue weighted by atomic mass is 19.1. The molecule has 1 aromatic heterocycles. The summed E-state index contributed by atoms with van der Waals surface area (Å²) in [7, 11) is 0. The molecule has 1 aliphatic carbocycles. The van der Waals surface area contributed by atoms with Crippen molar-refractivity contribution < 1.29 is 23.1 Å². The summed E-state index contributed by atoms with van der Waals surface area (Å²) in [6.45, 7) is 1.91. The van der Waals surface area contributed by atoms with Crippen LogP contribution in [0.5, 0.6) is 0 Å². The van der Waals surface area contributed by atoms with Gasteiger partial charge in [-0.25, -0.2) is 18.0 Å². The first kappa shape index (κ1) is 17.8. The van der Waals surface area contributed by atoms with Crippen molar-refractivity contribution in [1.82, 2.24) is 4.57 Å². The van der Waals surface area contributed by atoms with E-state index in [4.69, 9.17) is 5.73 Å². The van der Waals surface area contributed by atoms with E-state index in [1.54, 1.807) is 0 Å². The maximum absolute atomic E-state index is 15.4. The zero-order valence-electron chi connectivity index (χ0n) is 14.5. The number of nitrogens with two attached hydrogens (primary N) is 1. The number of rotatable bonds is 3. The van der Waals surface area contributed by atoms with Crippen LogP contribution in [0.4, 0.5) is 18.9 Å². The molecule has 2 heterocycles. The van der Waals surface area contributed by atoms with Crippen molar-refractivity contribution in [3.8, 4) is 0 Å². The van der Waals surface area contributed by atoms with Crippen molar-refractivity contribution in [3.63, 3.8) is 0 Å². The molecule has 3 N–H and O–H groups in total. The average molecular weight is 381 g/mol. The molecule has 0 amide bonds. The fraction of sp³-hybridized carbons (Fsp3) is 0.444. The SMILES string of the molecule is Cc1c(F)c(N2CC[C@H](N)C2)c(F)c2c1c(=O)c(C(=O)O)cn2[C@@H]1C[C@@H]1F. The molecule has 9 heteroatoms. The van der Waals surface area contributed by atoms with E-state index in [-0.39, 0.29) is 41.2 Å². The maximum atomic E-state index is 15.4. The smallest absolute Gasteiger partial charge is 0.341 e. The fourth-order valence-electron chi connectivity index (χ4n) is 3.82. The standard InChI is InChI=1S/C18H18F3N3O3/c1-7-12-15(14(21)16(13(7)20)23-3-2-8(22)5-23)24(11-4-10(11)19)6-9(17(12)25)18(26)27/h6,8,10-11H,2-5,22H2,1H3,(H,26,27)/t8-,10-,11+/m0/s1. The third-order valence-corrected chi connectivity index (χ3v) is 5.37. The number of pyridine rings is 1. The lowest BCUT2D eigenvalue weighted by Crippen LogP contribution is -2.29. The number of aryl methyl sites for hydroxylation is 1. The van der Waals surface area contributed by atoms with Gasteiger partial charge in [-0.05, 0) is 13.3 Å². The van der Waals surface area contributed by atoms with Crippen molar-refractivity contribution in [2.45, 2.75) is 38.0 Å². The summed E-state index contributed by atoms with van der Waals surface area (Å²) in [6.07, 6.45) is 0.329. The van der Waals surface area contributed by atoms with Crippen LogP contribution in [0.2, 0.25) is 0 Å². The van der Waals surface area contributed by atoms with E-state index in [2.05, 4.69) is 0 Å². The van der Waals surface area contributed by atoms with Gasteiger partial charge in [-0.1, -0.05) is 0 Å². The van der Waals surface area contributed by atoms with Gasteiger partial charge < -0.3 is 20.3 Å². The number of hydrogen-bond acceptors (Lipinski definition) is 4. The van der Waals surface area contributed by atoms with Gasteiger partial charge in [-0.15, -0.1) is 0 Å². The molecule has 1 aromatic carbocycles. The lowest BCUT2D eigenvalue weighted by Gasteiger charge is -2.23. The number of anilines is 1. The number of carboxylic acids is 1. The summed E-state index contributed by atoms with van der Waals surface area (Å²) in [5, 5.41) is 8.92. The number of aromatic carboxylic acids is 1. The molecule has 0 radical (unpaired) electrons. The minimum absolute atomic E-state index is 0.0802. The van der Waals surface area contributed by atoms with Crippen LogP contribution in [0.3, 0.4) is 0 Å². The Hall–Kier alpha value is -2.55. The van der Waals surface area contributed by atoms with Gasteiger partial charge in [0.05, 0.1) is 16.9 Å². The predicted octanol–water partition coefficient (Wildman–Crippen LogP) is 2.11. The average Bonchev–Trinajstić information content (AvgIpc) is 3.17. The number of nitrogens with zero attached hydrogens (tertiary/aromatic N) is 2. The van der Waals surface area contributed by atoms with Crippen molar-refractivity contribution in [1.29, 1.82) is 0 Å². The largest absolute Gasteiger partial charge is 0.477 e. The van der Waals surface area contributed by atoms with Gasteiger partial charge in [0, 0.05) is 37.3 Å². The highest BCUT2D eigenvalue weighted by Gasteiger charge is 2.41. The molecule has 0 bridgehead atoms. The maximum Gasteiger partial charge on any atom is 0.341 e. The topological polar surface area (TPSA) is 88.6 Å².